The Labute approximate surface area is 204 Å². The van der Waals surface area contributed by atoms with Gasteiger partial charge in [0.2, 0.25) is 10.1 Å². The molecule has 8 heteroatoms. The predicted molar refractivity (Wildman–Crippen MR) is 138 cm³/mol. The van der Waals surface area contributed by atoms with Gasteiger partial charge in [-0.2, -0.15) is 4.52 Å². The van der Waals surface area contributed by atoms with E-state index >= 15 is 0 Å². The second kappa shape index (κ2) is 9.00. The topological polar surface area (TPSA) is 48.7 Å². The van der Waals surface area contributed by atoms with Crippen LogP contribution in [0.4, 0.5) is 15.3 Å². The van der Waals surface area contributed by atoms with Crippen LogP contribution in [0.5, 0.6) is 0 Å². The van der Waals surface area contributed by atoms with E-state index < -0.39 is 0 Å². The molecule has 0 amide bonds. The molecule has 178 valence electrons. The second-order valence-electron chi connectivity index (χ2n) is 9.97. The third-order valence-corrected chi connectivity index (χ3v) is 7.02. The van der Waals surface area contributed by atoms with E-state index in [4.69, 9.17) is 10.1 Å². The Morgan fingerprint density at radius 3 is 2.38 bits per heavy atom. The van der Waals surface area contributed by atoms with Crippen LogP contribution >= 0.6 is 11.3 Å². The number of hydrogen-bond donors (Lipinski definition) is 1. The van der Waals surface area contributed by atoms with Gasteiger partial charge in [-0.1, -0.05) is 47.7 Å². The maximum atomic E-state index is 13.2. The summed E-state index contributed by atoms with van der Waals surface area (Å²) in [7, 11) is 0. The van der Waals surface area contributed by atoms with Crippen molar-refractivity contribution in [2.75, 3.05) is 36.4 Å². The minimum absolute atomic E-state index is 0.122. The third kappa shape index (κ3) is 4.79. The Bertz CT molecular complexity index is 1280. The molecular formula is C26H31FN6S. The molecule has 1 aliphatic rings. The summed E-state index contributed by atoms with van der Waals surface area (Å²) in [5.74, 6) is 0.752. The van der Waals surface area contributed by atoms with Crippen molar-refractivity contribution in [3.05, 3.63) is 65.5 Å². The number of nitrogens with zero attached hydrogens (tertiary/aromatic N) is 5. The highest BCUT2D eigenvalue weighted by atomic mass is 32.1. The van der Waals surface area contributed by atoms with Crippen molar-refractivity contribution in [3.63, 3.8) is 0 Å². The van der Waals surface area contributed by atoms with E-state index in [1.807, 2.05) is 16.6 Å². The van der Waals surface area contributed by atoms with Crippen molar-refractivity contribution in [2.24, 2.45) is 0 Å². The number of imidazole rings is 1. The first-order valence-electron chi connectivity index (χ1n) is 11.7. The molecule has 34 heavy (non-hydrogen) atoms. The van der Waals surface area contributed by atoms with E-state index in [1.54, 1.807) is 11.3 Å². The zero-order valence-electron chi connectivity index (χ0n) is 20.2. The van der Waals surface area contributed by atoms with Gasteiger partial charge in [-0.25, -0.2) is 9.37 Å². The van der Waals surface area contributed by atoms with Crippen molar-refractivity contribution in [2.45, 2.75) is 39.8 Å². The molecule has 3 heterocycles. The highest BCUT2D eigenvalue weighted by molar-refractivity contribution is 7.20. The number of nitrogens with one attached hydrogen (secondary N) is 1. The van der Waals surface area contributed by atoms with Gasteiger partial charge in [0.15, 0.2) is 5.82 Å². The van der Waals surface area contributed by atoms with Crippen LogP contribution in [0.25, 0.3) is 16.2 Å². The Kier molecular flexibility index (Phi) is 6.04. The van der Waals surface area contributed by atoms with E-state index in [2.05, 4.69) is 67.1 Å². The van der Waals surface area contributed by atoms with E-state index in [-0.39, 0.29) is 11.4 Å². The number of aromatic nitrogens is 3. The summed E-state index contributed by atoms with van der Waals surface area (Å²) in [6.45, 7) is 13.1. The van der Waals surface area contributed by atoms with E-state index in [0.29, 0.717) is 0 Å². The first-order chi connectivity index (χ1) is 16.3. The number of rotatable bonds is 5. The fourth-order valence-electron chi connectivity index (χ4n) is 4.31. The molecule has 2 aromatic heterocycles. The number of hydrogen-bond acceptors (Lipinski definition) is 6. The number of benzene rings is 2. The molecule has 1 fully saturated rings. The smallest absolute Gasteiger partial charge is 0.216 e. The molecule has 1 saturated heterocycles. The van der Waals surface area contributed by atoms with Gasteiger partial charge in [0.25, 0.3) is 0 Å². The fraction of sp³-hybridized carbons (Fsp3) is 0.385. The van der Waals surface area contributed by atoms with Crippen LogP contribution in [0.1, 0.15) is 31.9 Å². The normalized spacial score (nSPS) is 15.3. The SMILES string of the molecule is Cc1ccccc1-c1nc2sc(N3CCN(Cc4ccc(F)cc4)CC3)nn2c1NC(C)(C)C. The summed E-state index contributed by atoms with van der Waals surface area (Å²) in [6.07, 6.45) is 0. The summed E-state index contributed by atoms with van der Waals surface area (Å²) in [4.78, 5) is 10.7. The second-order valence-corrected chi connectivity index (χ2v) is 10.9. The third-order valence-electron chi connectivity index (χ3n) is 6.05. The van der Waals surface area contributed by atoms with Crippen molar-refractivity contribution in [3.8, 4) is 11.3 Å². The number of halogens is 1. The first kappa shape index (κ1) is 22.8. The molecule has 0 radical (unpaired) electrons. The molecule has 0 bridgehead atoms. The Morgan fingerprint density at radius 1 is 1.00 bits per heavy atom. The number of aryl methyl sites for hydroxylation is 1. The van der Waals surface area contributed by atoms with Crippen molar-refractivity contribution in [1.82, 2.24) is 19.5 Å². The lowest BCUT2D eigenvalue weighted by atomic mass is 10.0. The lowest BCUT2D eigenvalue weighted by Gasteiger charge is -2.34. The van der Waals surface area contributed by atoms with E-state index in [0.717, 1.165) is 65.5 Å². The van der Waals surface area contributed by atoms with E-state index in [9.17, 15) is 4.39 Å². The minimum Gasteiger partial charge on any atom is -0.364 e. The predicted octanol–water partition coefficient (Wildman–Crippen LogP) is 5.44. The van der Waals surface area contributed by atoms with Gasteiger partial charge in [-0.05, 0) is 51.0 Å². The molecule has 1 N–H and O–H groups in total. The summed E-state index contributed by atoms with van der Waals surface area (Å²) < 4.78 is 15.2. The van der Waals surface area contributed by atoms with Crippen LogP contribution in [0.2, 0.25) is 0 Å². The van der Waals surface area contributed by atoms with Gasteiger partial charge in [0.1, 0.15) is 11.5 Å². The van der Waals surface area contributed by atoms with Gasteiger partial charge in [0, 0.05) is 43.8 Å². The van der Waals surface area contributed by atoms with Crippen LogP contribution in [-0.2, 0) is 6.54 Å². The van der Waals surface area contributed by atoms with Gasteiger partial charge in [-0.3, -0.25) is 4.90 Å². The standard InChI is InChI=1S/C26H31FN6S/c1-18-7-5-6-8-21(18)22-23(29-26(2,3)4)33-24(28-22)34-25(30-33)32-15-13-31(14-16-32)17-19-9-11-20(27)12-10-19/h5-12,29H,13-17H2,1-4H3. The molecule has 4 aromatic rings. The molecule has 2 aromatic carbocycles. The Balaban J connectivity index is 1.37. The number of piperazine rings is 1. The summed E-state index contributed by atoms with van der Waals surface area (Å²) in [5, 5.41) is 9.63. The van der Waals surface area contributed by atoms with Crippen LogP contribution in [0.3, 0.4) is 0 Å². The van der Waals surface area contributed by atoms with Crippen LogP contribution in [0.15, 0.2) is 48.5 Å². The largest absolute Gasteiger partial charge is 0.364 e. The van der Waals surface area contributed by atoms with Crippen LogP contribution < -0.4 is 10.2 Å². The summed E-state index contributed by atoms with van der Waals surface area (Å²) in [6, 6.07) is 15.2. The molecule has 5 rings (SSSR count). The lowest BCUT2D eigenvalue weighted by Crippen LogP contribution is -2.46. The lowest BCUT2D eigenvalue weighted by molar-refractivity contribution is 0.249. The highest BCUT2D eigenvalue weighted by Crippen LogP contribution is 2.36. The van der Waals surface area contributed by atoms with Gasteiger partial charge in [-0.15, -0.1) is 5.10 Å². The molecule has 0 saturated carbocycles. The van der Waals surface area contributed by atoms with E-state index in [1.165, 1.54) is 17.7 Å². The van der Waals surface area contributed by atoms with Crippen molar-refractivity contribution >= 4 is 27.2 Å². The summed E-state index contributed by atoms with van der Waals surface area (Å²) >= 11 is 1.64. The Hall–Kier alpha value is -2.97. The van der Waals surface area contributed by atoms with Crippen LogP contribution in [0, 0.1) is 12.7 Å². The maximum Gasteiger partial charge on any atom is 0.216 e. The van der Waals surface area contributed by atoms with Gasteiger partial charge >= 0.3 is 0 Å². The molecule has 0 spiro atoms. The van der Waals surface area contributed by atoms with Gasteiger partial charge < -0.3 is 10.2 Å². The molecule has 6 nitrogen and oxygen atoms in total. The fourth-order valence-corrected chi connectivity index (χ4v) is 5.26. The van der Waals surface area contributed by atoms with Crippen molar-refractivity contribution in [1.29, 1.82) is 0 Å². The summed E-state index contributed by atoms with van der Waals surface area (Å²) in [5.41, 5.74) is 4.29. The molecular weight excluding hydrogens is 447 g/mol. The molecule has 0 atom stereocenters. The number of anilines is 2. The Morgan fingerprint density at radius 2 is 1.71 bits per heavy atom. The molecule has 0 aliphatic carbocycles. The monoisotopic (exact) mass is 478 g/mol. The zero-order chi connectivity index (χ0) is 23.9. The average molecular weight is 479 g/mol. The molecule has 1 aliphatic heterocycles. The highest BCUT2D eigenvalue weighted by Gasteiger charge is 2.25. The zero-order valence-corrected chi connectivity index (χ0v) is 21.0. The number of fused-ring (bicyclic) bond motifs is 1. The average Bonchev–Trinajstić information content (AvgIpc) is 3.35. The van der Waals surface area contributed by atoms with Crippen molar-refractivity contribution < 1.29 is 4.39 Å². The minimum atomic E-state index is -0.187. The first-order valence-corrected chi connectivity index (χ1v) is 12.5. The maximum absolute atomic E-state index is 13.2. The quantitative estimate of drug-likeness (QED) is 0.414. The van der Waals surface area contributed by atoms with Gasteiger partial charge in [0.05, 0.1) is 0 Å². The van der Waals surface area contributed by atoms with Crippen LogP contribution in [-0.4, -0.2) is 51.2 Å². The molecule has 0 unspecified atom stereocenters.